The van der Waals surface area contributed by atoms with Crippen LogP contribution in [0.4, 0.5) is 13.2 Å². The summed E-state index contributed by atoms with van der Waals surface area (Å²) in [5.41, 5.74) is -1.51. The number of hydrogen-bond donors (Lipinski definition) is 2. The van der Waals surface area contributed by atoms with E-state index in [1.165, 1.54) is 0 Å². The third kappa shape index (κ3) is 3.72. The molecule has 0 radical (unpaired) electrons. The molecule has 1 fully saturated rings. The molecule has 1 aliphatic heterocycles. The molecular formula is C16H16F3N3O3. The summed E-state index contributed by atoms with van der Waals surface area (Å²) in [7, 11) is 0. The number of nitrogens with one attached hydrogen (secondary N) is 1. The van der Waals surface area contributed by atoms with Crippen LogP contribution in [0.15, 0.2) is 29.3 Å². The van der Waals surface area contributed by atoms with E-state index >= 15 is 0 Å². The van der Waals surface area contributed by atoms with Gasteiger partial charge in [0.1, 0.15) is 0 Å². The van der Waals surface area contributed by atoms with Crippen LogP contribution in [0.25, 0.3) is 10.9 Å². The number of aliphatic hydroxyl groups excluding tert-OH is 1. The first kappa shape index (κ1) is 17.6. The topological polar surface area (TPSA) is 84.2 Å². The molecule has 2 heterocycles. The molecule has 1 aromatic carbocycles. The van der Waals surface area contributed by atoms with Crippen LogP contribution in [0.2, 0.25) is 0 Å². The summed E-state index contributed by atoms with van der Waals surface area (Å²) in [6, 6.07) is 2.36. The minimum absolute atomic E-state index is 0.0359. The monoisotopic (exact) mass is 355 g/mol. The number of ketones is 1. The number of aromatic nitrogens is 2. The fourth-order valence-corrected chi connectivity index (χ4v) is 2.91. The summed E-state index contributed by atoms with van der Waals surface area (Å²) < 4.78 is 39.4. The Morgan fingerprint density at radius 1 is 1.40 bits per heavy atom. The molecule has 9 heteroatoms. The maximum atomic E-state index is 12.8. The second-order valence-electron chi connectivity index (χ2n) is 6.07. The van der Waals surface area contributed by atoms with E-state index in [-0.39, 0.29) is 35.7 Å². The van der Waals surface area contributed by atoms with Crippen molar-refractivity contribution >= 4 is 16.7 Å². The van der Waals surface area contributed by atoms with Gasteiger partial charge in [-0.1, -0.05) is 0 Å². The van der Waals surface area contributed by atoms with Crippen LogP contribution in [-0.2, 0) is 17.5 Å². The third-order valence-electron chi connectivity index (χ3n) is 4.26. The number of hydrogen-bond acceptors (Lipinski definition) is 5. The normalized spacial score (nSPS) is 21.0. The largest absolute Gasteiger partial charge is 0.416 e. The molecule has 0 amide bonds. The highest BCUT2D eigenvalue weighted by Gasteiger charge is 2.31. The Balaban J connectivity index is 1.85. The number of alkyl halides is 3. The first-order chi connectivity index (χ1) is 11.8. The molecule has 1 saturated heterocycles. The Labute approximate surface area is 140 Å². The fourth-order valence-electron chi connectivity index (χ4n) is 2.91. The van der Waals surface area contributed by atoms with Gasteiger partial charge in [0.15, 0.2) is 5.78 Å². The average molecular weight is 355 g/mol. The molecule has 2 atom stereocenters. The van der Waals surface area contributed by atoms with Gasteiger partial charge >= 0.3 is 6.18 Å². The molecule has 3 rings (SSSR count). The van der Waals surface area contributed by atoms with Gasteiger partial charge < -0.3 is 10.4 Å². The van der Waals surface area contributed by atoms with Crippen molar-refractivity contribution in [2.75, 3.05) is 6.54 Å². The first-order valence-corrected chi connectivity index (χ1v) is 7.75. The zero-order valence-corrected chi connectivity index (χ0v) is 13.1. The van der Waals surface area contributed by atoms with Crippen molar-refractivity contribution in [1.82, 2.24) is 14.9 Å². The van der Waals surface area contributed by atoms with E-state index in [1.54, 1.807) is 0 Å². The van der Waals surface area contributed by atoms with Crippen LogP contribution in [0.1, 0.15) is 18.4 Å². The molecule has 6 nitrogen and oxygen atoms in total. The zero-order chi connectivity index (χ0) is 18.2. The van der Waals surface area contributed by atoms with Gasteiger partial charge in [0.05, 0.1) is 35.4 Å². The maximum absolute atomic E-state index is 12.8. The number of halogens is 3. The van der Waals surface area contributed by atoms with Crippen molar-refractivity contribution in [3.63, 3.8) is 0 Å². The Morgan fingerprint density at radius 2 is 2.16 bits per heavy atom. The van der Waals surface area contributed by atoms with Crippen molar-refractivity contribution in [2.45, 2.75) is 37.7 Å². The van der Waals surface area contributed by atoms with E-state index in [9.17, 15) is 27.9 Å². The fraction of sp³-hybridized carbons (Fsp3) is 0.438. The lowest BCUT2D eigenvalue weighted by atomic mass is 10.1. The number of carbonyl (C=O) groups is 1. The van der Waals surface area contributed by atoms with Gasteiger partial charge in [-0.15, -0.1) is 0 Å². The molecule has 0 unspecified atom stereocenters. The summed E-state index contributed by atoms with van der Waals surface area (Å²) >= 11 is 0. The molecule has 1 aromatic heterocycles. The van der Waals surface area contributed by atoms with Gasteiger partial charge in [-0.05, 0) is 31.2 Å². The molecule has 0 bridgehead atoms. The van der Waals surface area contributed by atoms with Gasteiger partial charge in [-0.3, -0.25) is 14.2 Å². The lowest BCUT2D eigenvalue weighted by molar-refractivity contribution is -0.137. The average Bonchev–Trinajstić information content (AvgIpc) is 2.94. The Bertz CT molecular complexity index is 863. The number of benzene rings is 1. The van der Waals surface area contributed by atoms with Crippen molar-refractivity contribution in [2.24, 2.45) is 0 Å². The van der Waals surface area contributed by atoms with E-state index in [2.05, 4.69) is 10.3 Å². The van der Waals surface area contributed by atoms with E-state index in [4.69, 9.17) is 0 Å². The summed E-state index contributed by atoms with van der Waals surface area (Å²) in [6.45, 7) is 0.305. The number of Topliss-reactive ketones (excluding diaryl/α,β-unsaturated/α-hetero) is 1. The van der Waals surface area contributed by atoms with E-state index < -0.39 is 23.4 Å². The van der Waals surface area contributed by atoms with Crippen molar-refractivity contribution in [1.29, 1.82) is 0 Å². The SMILES string of the molecule is O=C(C[C@H]1NCC[C@@H]1O)Cn1cnc2ccc(C(F)(F)F)cc2c1=O. The molecule has 134 valence electrons. The van der Waals surface area contributed by atoms with Crippen molar-refractivity contribution in [3.8, 4) is 0 Å². The third-order valence-corrected chi connectivity index (χ3v) is 4.26. The highest BCUT2D eigenvalue weighted by atomic mass is 19.4. The standard InChI is InChI=1S/C16H16F3N3O3/c17-16(18,19)9-1-2-12-11(5-9)15(25)22(8-21-12)7-10(23)6-13-14(24)3-4-20-13/h1-2,5,8,13-14,20,24H,3-4,6-7H2/t13-,14+/m1/s1. The van der Waals surface area contributed by atoms with Crippen LogP contribution >= 0.6 is 0 Å². The Morgan fingerprint density at radius 3 is 2.80 bits per heavy atom. The molecule has 2 N–H and O–H groups in total. The van der Waals surface area contributed by atoms with Gasteiger partial charge in [-0.25, -0.2) is 4.98 Å². The van der Waals surface area contributed by atoms with Crippen LogP contribution in [-0.4, -0.2) is 39.1 Å². The van der Waals surface area contributed by atoms with Crippen LogP contribution in [0.5, 0.6) is 0 Å². The summed E-state index contributed by atoms with van der Waals surface area (Å²) in [4.78, 5) is 28.4. The zero-order valence-electron chi connectivity index (χ0n) is 13.1. The van der Waals surface area contributed by atoms with Gasteiger partial charge in [0.2, 0.25) is 0 Å². The second-order valence-corrected chi connectivity index (χ2v) is 6.07. The van der Waals surface area contributed by atoms with Crippen LogP contribution in [0, 0.1) is 0 Å². The minimum Gasteiger partial charge on any atom is -0.391 e. The number of aliphatic hydroxyl groups is 1. The smallest absolute Gasteiger partial charge is 0.391 e. The number of fused-ring (bicyclic) bond motifs is 1. The number of rotatable bonds is 4. The molecule has 25 heavy (non-hydrogen) atoms. The quantitative estimate of drug-likeness (QED) is 0.858. The lowest BCUT2D eigenvalue weighted by Gasteiger charge is -2.14. The maximum Gasteiger partial charge on any atom is 0.416 e. The highest BCUT2D eigenvalue weighted by Crippen LogP contribution is 2.30. The lowest BCUT2D eigenvalue weighted by Crippen LogP contribution is -2.34. The van der Waals surface area contributed by atoms with E-state index in [0.29, 0.717) is 13.0 Å². The van der Waals surface area contributed by atoms with Crippen molar-refractivity contribution in [3.05, 3.63) is 40.4 Å². The van der Waals surface area contributed by atoms with Gasteiger partial charge in [-0.2, -0.15) is 13.2 Å². The molecule has 1 aliphatic rings. The highest BCUT2D eigenvalue weighted by molar-refractivity contribution is 5.81. The summed E-state index contributed by atoms with van der Waals surface area (Å²) in [5, 5.41) is 12.5. The van der Waals surface area contributed by atoms with Crippen LogP contribution < -0.4 is 10.9 Å². The van der Waals surface area contributed by atoms with Crippen molar-refractivity contribution < 1.29 is 23.1 Å². The number of nitrogens with zero attached hydrogens (tertiary/aromatic N) is 2. The summed E-state index contributed by atoms with van der Waals surface area (Å²) in [5.74, 6) is -0.311. The Hall–Kier alpha value is -2.26. The summed E-state index contributed by atoms with van der Waals surface area (Å²) in [6.07, 6.45) is -3.45. The van der Waals surface area contributed by atoms with E-state index in [0.717, 1.165) is 29.1 Å². The van der Waals surface area contributed by atoms with E-state index in [1.807, 2.05) is 0 Å². The van der Waals surface area contributed by atoms with Gasteiger partial charge in [0.25, 0.3) is 5.56 Å². The molecule has 0 spiro atoms. The van der Waals surface area contributed by atoms with Gasteiger partial charge in [0, 0.05) is 12.5 Å². The second kappa shape index (κ2) is 6.57. The minimum atomic E-state index is -4.57. The molecule has 2 aromatic rings. The predicted octanol–water partition coefficient (Wildman–Crippen LogP) is 1.10. The predicted molar refractivity (Wildman–Crippen MR) is 83.0 cm³/mol. The first-order valence-electron chi connectivity index (χ1n) is 7.75. The van der Waals surface area contributed by atoms with Crippen LogP contribution in [0.3, 0.4) is 0 Å². The number of carbonyl (C=O) groups excluding carboxylic acids is 1. The molecular weight excluding hydrogens is 339 g/mol. The molecule has 0 aliphatic carbocycles. The molecule has 0 saturated carbocycles. The Kier molecular flexibility index (Phi) is 4.61.